The summed E-state index contributed by atoms with van der Waals surface area (Å²) in [5.74, 6) is -0.461. The molecule has 0 spiro atoms. The van der Waals surface area contributed by atoms with Crippen molar-refractivity contribution in [3.8, 4) is 0 Å². The molecule has 0 fully saturated rings. The van der Waals surface area contributed by atoms with Crippen LogP contribution in [0.15, 0.2) is 17.5 Å². The monoisotopic (exact) mass is 220 g/mol. The van der Waals surface area contributed by atoms with E-state index < -0.39 is 5.82 Å². The summed E-state index contributed by atoms with van der Waals surface area (Å²) in [6.45, 7) is 0. The third-order valence-electron chi connectivity index (χ3n) is 1.59. The van der Waals surface area contributed by atoms with Crippen molar-refractivity contribution in [1.29, 1.82) is 0 Å². The number of benzene rings is 1. The molecule has 0 bridgehead atoms. The molecule has 0 radical (unpaired) electrons. The van der Waals surface area contributed by atoms with Crippen LogP contribution in [0.3, 0.4) is 0 Å². The topological polar surface area (TPSA) is 0 Å². The lowest BCUT2D eigenvalue weighted by Crippen LogP contribution is -1.76. The molecule has 2 rings (SSSR count). The van der Waals surface area contributed by atoms with E-state index in [1.54, 1.807) is 0 Å². The van der Waals surface area contributed by atoms with Crippen LogP contribution < -0.4 is 0 Å². The van der Waals surface area contributed by atoms with Crippen molar-refractivity contribution < 1.29 is 4.39 Å². The molecular formula is C8H3Cl2FS. The van der Waals surface area contributed by atoms with Gasteiger partial charge in [0.2, 0.25) is 0 Å². The SMILES string of the molecule is Fc1cc(Cl)c2ccsc2c1Cl. The molecule has 0 nitrogen and oxygen atoms in total. The summed E-state index contributed by atoms with van der Waals surface area (Å²) in [5, 5.41) is 3.22. The van der Waals surface area contributed by atoms with E-state index in [-0.39, 0.29) is 5.02 Å². The van der Waals surface area contributed by atoms with Gasteiger partial charge in [-0.2, -0.15) is 0 Å². The highest BCUT2D eigenvalue weighted by molar-refractivity contribution is 7.18. The zero-order valence-electron chi connectivity index (χ0n) is 5.77. The van der Waals surface area contributed by atoms with Crippen LogP contribution in [0.1, 0.15) is 0 Å². The van der Waals surface area contributed by atoms with E-state index in [9.17, 15) is 4.39 Å². The second-order valence-electron chi connectivity index (χ2n) is 2.32. The molecule has 4 heteroatoms. The Labute approximate surface area is 82.5 Å². The summed E-state index contributed by atoms with van der Waals surface area (Å²) < 4.78 is 13.7. The molecule has 1 aromatic heterocycles. The first kappa shape index (κ1) is 8.30. The Balaban J connectivity index is 2.97. The Bertz CT molecular complexity index is 436. The summed E-state index contributed by atoms with van der Waals surface area (Å²) in [6, 6.07) is 3.06. The van der Waals surface area contributed by atoms with Crippen molar-refractivity contribution in [3.63, 3.8) is 0 Å². The molecule has 0 amide bonds. The molecule has 0 N–H and O–H groups in total. The summed E-state index contributed by atoms with van der Waals surface area (Å²) in [4.78, 5) is 0. The zero-order valence-corrected chi connectivity index (χ0v) is 8.10. The van der Waals surface area contributed by atoms with Gasteiger partial charge in [-0.1, -0.05) is 23.2 Å². The van der Waals surface area contributed by atoms with Gasteiger partial charge in [0.05, 0.1) is 14.7 Å². The Morgan fingerprint density at radius 2 is 2.08 bits per heavy atom. The molecule has 0 aliphatic carbocycles. The lowest BCUT2D eigenvalue weighted by atomic mass is 10.2. The van der Waals surface area contributed by atoms with E-state index in [4.69, 9.17) is 23.2 Å². The standard InChI is InChI=1S/C8H3Cl2FS/c9-5-3-6(11)7(10)8-4(5)1-2-12-8/h1-3H. The maximum atomic E-state index is 13.0. The molecule has 0 aliphatic heterocycles. The molecular weight excluding hydrogens is 218 g/mol. The molecule has 0 aliphatic rings. The second kappa shape index (κ2) is 2.87. The molecule has 0 saturated heterocycles. The van der Waals surface area contributed by atoms with Crippen molar-refractivity contribution in [2.24, 2.45) is 0 Å². The van der Waals surface area contributed by atoms with Crippen LogP contribution in [0, 0.1) is 5.82 Å². The number of fused-ring (bicyclic) bond motifs is 1. The fourth-order valence-electron chi connectivity index (χ4n) is 1.03. The number of halogens is 3. The molecule has 62 valence electrons. The fourth-order valence-corrected chi connectivity index (χ4v) is 2.47. The first-order valence-corrected chi connectivity index (χ1v) is 4.84. The van der Waals surface area contributed by atoms with Gasteiger partial charge in [0, 0.05) is 5.39 Å². The van der Waals surface area contributed by atoms with Crippen LogP contribution in [0.2, 0.25) is 10.0 Å². The van der Waals surface area contributed by atoms with E-state index in [1.165, 1.54) is 17.4 Å². The number of thiophene rings is 1. The van der Waals surface area contributed by atoms with E-state index in [1.807, 2.05) is 11.4 Å². The van der Waals surface area contributed by atoms with E-state index in [0.29, 0.717) is 9.72 Å². The second-order valence-corrected chi connectivity index (χ2v) is 4.02. The van der Waals surface area contributed by atoms with Crippen LogP contribution in [-0.2, 0) is 0 Å². The smallest absolute Gasteiger partial charge is 0.144 e. The maximum absolute atomic E-state index is 13.0. The van der Waals surface area contributed by atoms with Crippen LogP contribution in [0.5, 0.6) is 0 Å². The Kier molecular flexibility index (Phi) is 1.99. The normalized spacial score (nSPS) is 10.9. The van der Waals surface area contributed by atoms with Gasteiger partial charge in [-0.15, -0.1) is 11.3 Å². The van der Waals surface area contributed by atoms with Gasteiger partial charge in [0.25, 0.3) is 0 Å². The molecule has 12 heavy (non-hydrogen) atoms. The quantitative estimate of drug-likeness (QED) is 0.580. The summed E-state index contributed by atoms with van der Waals surface area (Å²) >= 11 is 12.9. The van der Waals surface area contributed by atoms with Gasteiger partial charge in [-0.05, 0) is 17.5 Å². The first-order chi connectivity index (χ1) is 5.70. The Hall–Kier alpha value is -0.310. The minimum atomic E-state index is -0.461. The lowest BCUT2D eigenvalue weighted by Gasteiger charge is -1.97. The van der Waals surface area contributed by atoms with E-state index in [0.717, 1.165) is 5.39 Å². The predicted molar refractivity (Wildman–Crippen MR) is 51.8 cm³/mol. The van der Waals surface area contributed by atoms with Crippen LogP contribution >= 0.6 is 34.5 Å². The van der Waals surface area contributed by atoms with Gasteiger partial charge in [-0.25, -0.2) is 4.39 Å². The van der Waals surface area contributed by atoms with E-state index >= 15 is 0 Å². The van der Waals surface area contributed by atoms with Gasteiger partial charge in [0.15, 0.2) is 0 Å². The molecule has 1 aromatic carbocycles. The van der Waals surface area contributed by atoms with Gasteiger partial charge in [-0.3, -0.25) is 0 Å². The third-order valence-corrected chi connectivity index (χ3v) is 3.31. The number of rotatable bonds is 0. The van der Waals surface area contributed by atoms with Crippen LogP contribution in [-0.4, -0.2) is 0 Å². The molecule has 0 unspecified atom stereocenters. The lowest BCUT2D eigenvalue weighted by molar-refractivity contribution is 0.630. The Morgan fingerprint density at radius 1 is 1.33 bits per heavy atom. The van der Waals surface area contributed by atoms with Crippen molar-refractivity contribution in [1.82, 2.24) is 0 Å². The zero-order chi connectivity index (χ0) is 8.72. The maximum Gasteiger partial charge on any atom is 0.144 e. The Morgan fingerprint density at radius 3 is 2.83 bits per heavy atom. The highest BCUT2D eigenvalue weighted by Crippen LogP contribution is 2.35. The van der Waals surface area contributed by atoms with Gasteiger partial charge in [0.1, 0.15) is 5.82 Å². The molecule has 2 aromatic rings. The molecule has 1 heterocycles. The summed E-state index contributed by atoms with van der Waals surface area (Å²) in [7, 11) is 0. The summed E-state index contributed by atoms with van der Waals surface area (Å²) in [6.07, 6.45) is 0. The van der Waals surface area contributed by atoms with Crippen molar-refractivity contribution in [3.05, 3.63) is 33.4 Å². The van der Waals surface area contributed by atoms with Gasteiger partial charge < -0.3 is 0 Å². The van der Waals surface area contributed by atoms with E-state index in [2.05, 4.69) is 0 Å². The average molecular weight is 221 g/mol. The number of hydrogen-bond donors (Lipinski definition) is 0. The molecule has 0 atom stereocenters. The first-order valence-electron chi connectivity index (χ1n) is 3.21. The highest BCUT2D eigenvalue weighted by Gasteiger charge is 2.09. The van der Waals surface area contributed by atoms with Gasteiger partial charge >= 0.3 is 0 Å². The van der Waals surface area contributed by atoms with Crippen LogP contribution in [0.4, 0.5) is 4.39 Å². The third kappa shape index (κ3) is 1.11. The van der Waals surface area contributed by atoms with Crippen molar-refractivity contribution in [2.45, 2.75) is 0 Å². The largest absolute Gasteiger partial charge is 0.205 e. The molecule has 0 saturated carbocycles. The fraction of sp³-hybridized carbons (Fsp3) is 0. The van der Waals surface area contributed by atoms with Crippen molar-refractivity contribution >= 4 is 44.6 Å². The minimum absolute atomic E-state index is 0.157. The van der Waals surface area contributed by atoms with Crippen LogP contribution in [0.25, 0.3) is 10.1 Å². The minimum Gasteiger partial charge on any atom is -0.205 e. The number of hydrogen-bond acceptors (Lipinski definition) is 1. The predicted octanol–water partition coefficient (Wildman–Crippen LogP) is 4.35. The highest BCUT2D eigenvalue weighted by atomic mass is 35.5. The average Bonchev–Trinajstić information content (AvgIpc) is 2.48. The van der Waals surface area contributed by atoms with Crippen molar-refractivity contribution in [2.75, 3.05) is 0 Å². The summed E-state index contributed by atoms with van der Waals surface area (Å²) in [5.41, 5.74) is 0.